The summed E-state index contributed by atoms with van der Waals surface area (Å²) in [6.45, 7) is 1.78. The molecule has 0 spiro atoms. The normalized spacial score (nSPS) is 10.9. The van der Waals surface area contributed by atoms with Gasteiger partial charge in [-0.05, 0) is 24.6 Å². The maximum absolute atomic E-state index is 13.1. The molecule has 2 aromatic rings. The van der Waals surface area contributed by atoms with Crippen LogP contribution in [0.4, 0.5) is 4.39 Å². The molecule has 0 saturated heterocycles. The summed E-state index contributed by atoms with van der Waals surface area (Å²) >= 11 is 5.93. The molecule has 0 saturated carbocycles. The van der Waals surface area contributed by atoms with E-state index in [1.165, 1.54) is 12.1 Å². The van der Waals surface area contributed by atoms with Gasteiger partial charge < -0.3 is 4.57 Å². The van der Waals surface area contributed by atoms with Crippen molar-refractivity contribution >= 4 is 28.8 Å². The van der Waals surface area contributed by atoms with E-state index in [2.05, 4.69) is 0 Å². The maximum atomic E-state index is 13.1. The zero-order valence-corrected chi connectivity index (χ0v) is 9.10. The smallest absolute Gasteiger partial charge is 0.166 e. The van der Waals surface area contributed by atoms with Crippen LogP contribution in [0.25, 0.3) is 10.9 Å². The van der Waals surface area contributed by atoms with Gasteiger partial charge in [-0.3, -0.25) is 4.79 Å². The Labute approximate surface area is 91.3 Å². The van der Waals surface area contributed by atoms with Gasteiger partial charge in [-0.1, -0.05) is 11.6 Å². The molecule has 0 radical (unpaired) electrons. The summed E-state index contributed by atoms with van der Waals surface area (Å²) in [4.78, 5) is 10.9. The highest BCUT2D eigenvalue weighted by Crippen LogP contribution is 2.30. The highest BCUT2D eigenvalue weighted by molar-refractivity contribution is 6.35. The van der Waals surface area contributed by atoms with Crippen LogP contribution in [0.5, 0.6) is 0 Å². The summed E-state index contributed by atoms with van der Waals surface area (Å²) in [6.07, 6.45) is 0.754. The maximum Gasteiger partial charge on any atom is 0.166 e. The number of hydrogen-bond acceptors (Lipinski definition) is 1. The Morgan fingerprint density at radius 2 is 2.13 bits per heavy atom. The molecule has 0 aliphatic rings. The van der Waals surface area contributed by atoms with Crippen molar-refractivity contribution in [3.8, 4) is 0 Å². The Balaban J connectivity index is 3.01. The monoisotopic (exact) mass is 225 g/mol. The van der Waals surface area contributed by atoms with Gasteiger partial charge in [-0.2, -0.15) is 0 Å². The zero-order valence-electron chi connectivity index (χ0n) is 8.34. The molecule has 1 aromatic heterocycles. The van der Waals surface area contributed by atoms with E-state index in [1.54, 1.807) is 18.5 Å². The fraction of sp³-hybridized carbons (Fsp3) is 0.182. The number of benzene rings is 1. The van der Waals surface area contributed by atoms with Gasteiger partial charge in [-0.15, -0.1) is 0 Å². The van der Waals surface area contributed by atoms with Crippen molar-refractivity contribution in [2.75, 3.05) is 0 Å². The molecule has 0 fully saturated rings. The molecule has 0 unspecified atom stereocenters. The minimum Gasteiger partial charge on any atom is -0.340 e. The van der Waals surface area contributed by atoms with Crippen molar-refractivity contribution in [3.05, 3.63) is 34.2 Å². The SMILES string of the molecule is Cc1c(C=O)n(C)c2c(Cl)cc(F)cc12. The van der Waals surface area contributed by atoms with Gasteiger partial charge in [-0.25, -0.2) is 4.39 Å². The lowest BCUT2D eigenvalue weighted by Crippen LogP contribution is -1.95. The lowest BCUT2D eigenvalue weighted by Gasteiger charge is -2.00. The van der Waals surface area contributed by atoms with E-state index in [0.717, 1.165) is 11.8 Å². The number of nitrogens with zero attached hydrogens (tertiary/aromatic N) is 1. The van der Waals surface area contributed by atoms with E-state index in [4.69, 9.17) is 11.6 Å². The molecule has 0 amide bonds. The summed E-state index contributed by atoms with van der Waals surface area (Å²) in [5.41, 5.74) is 1.97. The fourth-order valence-corrected chi connectivity index (χ4v) is 2.20. The first-order valence-corrected chi connectivity index (χ1v) is 4.83. The molecule has 1 heterocycles. The Bertz CT molecular complexity index is 559. The predicted octanol–water partition coefficient (Wildman–Crippen LogP) is 3.09. The number of fused-ring (bicyclic) bond motifs is 1. The van der Waals surface area contributed by atoms with Gasteiger partial charge in [0.05, 0.1) is 16.2 Å². The number of aromatic nitrogens is 1. The quantitative estimate of drug-likeness (QED) is 0.684. The van der Waals surface area contributed by atoms with Gasteiger partial charge in [0.15, 0.2) is 6.29 Å². The standard InChI is InChI=1S/C11H9ClFNO/c1-6-8-3-7(13)4-9(12)11(8)14(2)10(6)5-15/h3-5H,1-2H3. The Morgan fingerprint density at radius 3 is 2.73 bits per heavy atom. The molecule has 78 valence electrons. The molecular formula is C11H9ClFNO. The van der Waals surface area contributed by atoms with E-state index in [9.17, 15) is 9.18 Å². The van der Waals surface area contributed by atoms with E-state index < -0.39 is 5.82 Å². The van der Waals surface area contributed by atoms with Crippen molar-refractivity contribution in [1.29, 1.82) is 0 Å². The van der Waals surface area contributed by atoms with Crippen LogP contribution in [0.15, 0.2) is 12.1 Å². The summed E-state index contributed by atoms with van der Waals surface area (Å²) < 4.78 is 14.8. The van der Waals surface area contributed by atoms with Crippen LogP contribution in [-0.2, 0) is 7.05 Å². The molecule has 2 rings (SSSR count). The third-order valence-electron chi connectivity index (χ3n) is 2.62. The van der Waals surface area contributed by atoms with Crippen LogP contribution in [-0.4, -0.2) is 10.9 Å². The van der Waals surface area contributed by atoms with E-state index in [1.807, 2.05) is 0 Å². The molecule has 1 aromatic carbocycles. The highest BCUT2D eigenvalue weighted by Gasteiger charge is 2.14. The van der Waals surface area contributed by atoms with Crippen LogP contribution < -0.4 is 0 Å². The van der Waals surface area contributed by atoms with Gasteiger partial charge in [0.2, 0.25) is 0 Å². The van der Waals surface area contributed by atoms with Crippen molar-refractivity contribution < 1.29 is 9.18 Å². The molecule has 4 heteroatoms. The van der Waals surface area contributed by atoms with Crippen LogP contribution in [0.2, 0.25) is 5.02 Å². The lowest BCUT2D eigenvalue weighted by molar-refractivity contribution is 0.111. The molecule has 0 atom stereocenters. The van der Waals surface area contributed by atoms with Crippen molar-refractivity contribution in [3.63, 3.8) is 0 Å². The lowest BCUT2D eigenvalue weighted by atomic mass is 10.1. The second-order valence-electron chi connectivity index (χ2n) is 3.47. The summed E-state index contributed by atoms with van der Waals surface area (Å²) in [6, 6.07) is 2.64. The zero-order chi connectivity index (χ0) is 11.2. The number of hydrogen-bond donors (Lipinski definition) is 0. The van der Waals surface area contributed by atoms with Crippen molar-refractivity contribution in [1.82, 2.24) is 4.57 Å². The number of aldehydes is 1. The first-order chi connectivity index (χ1) is 7.06. The van der Waals surface area contributed by atoms with Crippen molar-refractivity contribution in [2.24, 2.45) is 7.05 Å². The van der Waals surface area contributed by atoms with Crippen molar-refractivity contribution in [2.45, 2.75) is 6.92 Å². The molecule has 15 heavy (non-hydrogen) atoms. The van der Waals surface area contributed by atoms with Crippen LogP contribution >= 0.6 is 11.6 Å². The van der Waals surface area contributed by atoms with Gasteiger partial charge in [0, 0.05) is 12.4 Å². The van der Waals surface area contributed by atoms with E-state index >= 15 is 0 Å². The third kappa shape index (κ3) is 1.35. The second-order valence-corrected chi connectivity index (χ2v) is 3.88. The average molecular weight is 226 g/mol. The summed E-state index contributed by atoms with van der Waals surface area (Å²) in [7, 11) is 1.74. The van der Waals surface area contributed by atoms with Crippen LogP contribution in [0, 0.1) is 12.7 Å². The Hall–Kier alpha value is -1.35. The minimum absolute atomic E-state index is 0.323. The van der Waals surface area contributed by atoms with Gasteiger partial charge in [0.1, 0.15) is 5.82 Å². The minimum atomic E-state index is -0.390. The largest absolute Gasteiger partial charge is 0.340 e. The molecule has 0 aliphatic heterocycles. The fourth-order valence-electron chi connectivity index (χ4n) is 1.87. The predicted molar refractivity (Wildman–Crippen MR) is 58.0 cm³/mol. The Kier molecular flexibility index (Phi) is 2.27. The number of carbonyl (C=O) groups is 1. The van der Waals surface area contributed by atoms with Crippen LogP contribution in [0.3, 0.4) is 0 Å². The van der Waals surface area contributed by atoms with Crippen LogP contribution in [0.1, 0.15) is 16.1 Å². The number of halogens is 2. The van der Waals surface area contributed by atoms with Gasteiger partial charge in [0.25, 0.3) is 0 Å². The van der Waals surface area contributed by atoms with E-state index in [0.29, 0.717) is 21.6 Å². The first kappa shape index (κ1) is 10.2. The summed E-state index contributed by atoms with van der Waals surface area (Å²) in [5, 5.41) is 1.01. The number of rotatable bonds is 1. The highest BCUT2D eigenvalue weighted by atomic mass is 35.5. The summed E-state index contributed by atoms with van der Waals surface area (Å²) in [5.74, 6) is -0.390. The average Bonchev–Trinajstić information content (AvgIpc) is 2.39. The molecule has 0 aliphatic carbocycles. The third-order valence-corrected chi connectivity index (χ3v) is 2.91. The second kappa shape index (κ2) is 3.35. The first-order valence-electron chi connectivity index (χ1n) is 4.45. The number of aryl methyl sites for hydroxylation is 2. The molecule has 2 nitrogen and oxygen atoms in total. The molecule has 0 N–H and O–H groups in total. The molecule has 0 bridgehead atoms. The molecular weight excluding hydrogens is 217 g/mol. The van der Waals surface area contributed by atoms with E-state index in [-0.39, 0.29) is 0 Å². The topological polar surface area (TPSA) is 22.0 Å². The van der Waals surface area contributed by atoms with Gasteiger partial charge >= 0.3 is 0 Å². The Morgan fingerprint density at radius 1 is 1.47 bits per heavy atom. The number of carbonyl (C=O) groups excluding carboxylic acids is 1.